The molecular formula is C16H18N2O2. The number of anilines is 2. The molecule has 0 unspecified atom stereocenters. The van der Waals surface area contributed by atoms with Crippen LogP contribution in [0.1, 0.15) is 15.9 Å². The number of nitrogens with one attached hydrogen (secondary N) is 1. The number of amides is 1. The third kappa shape index (κ3) is 2.91. The molecule has 20 heavy (non-hydrogen) atoms. The first-order chi connectivity index (χ1) is 9.49. The van der Waals surface area contributed by atoms with Crippen LogP contribution in [0.2, 0.25) is 0 Å². The Kier molecular flexibility index (Phi) is 3.94. The van der Waals surface area contributed by atoms with Crippen LogP contribution in [0.4, 0.5) is 11.4 Å². The molecule has 0 saturated carbocycles. The highest BCUT2D eigenvalue weighted by atomic mass is 16.3. The van der Waals surface area contributed by atoms with Gasteiger partial charge in [-0.3, -0.25) is 4.79 Å². The number of hydrogen-bond acceptors (Lipinski definition) is 3. The van der Waals surface area contributed by atoms with Gasteiger partial charge in [0.05, 0.1) is 5.56 Å². The molecule has 0 heterocycles. The van der Waals surface area contributed by atoms with Gasteiger partial charge in [-0.2, -0.15) is 0 Å². The van der Waals surface area contributed by atoms with E-state index >= 15 is 0 Å². The summed E-state index contributed by atoms with van der Waals surface area (Å²) in [6.07, 6.45) is 0. The van der Waals surface area contributed by atoms with E-state index in [1.165, 1.54) is 0 Å². The first kappa shape index (κ1) is 13.9. The number of aryl methyl sites for hydroxylation is 1. The van der Waals surface area contributed by atoms with Crippen molar-refractivity contribution in [3.05, 3.63) is 53.6 Å². The molecule has 0 bridgehead atoms. The molecule has 4 nitrogen and oxygen atoms in total. The van der Waals surface area contributed by atoms with Crippen LogP contribution in [0.3, 0.4) is 0 Å². The fourth-order valence-corrected chi connectivity index (χ4v) is 1.88. The lowest BCUT2D eigenvalue weighted by atomic mass is 10.1. The summed E-state index contributed by atoms with van der Waals surface area (Å²) >= 11 is 0. The second-order valence-electron chi connectivity index (χ2n) is 4.87. The van der Waals surface area contributed by atoms with Crippen LogP contribution in [0.25, 0.3) is 0 Å². The van der Waals surface area contributed by atoms with E-state index in [0.717, 1.165) is 5.69 Å². The Morgan fingerprint density at radius 1 is 1.10 bits per heavy atom. The summed E-state index contributed by atoms with van der Waals surface area (Å²) in [6, 6.07) is 12.6. The highest BCUT2D eigenvalue weighted by Crippen LogP contribution is 2.23. The lowest BCUT2D eigenvalue weighted by Crippen LogP contribution is -2.13. The third-order valence-corrected chi connectivity index (χ3v) is 3.12. The van der Waals surface area contributed by atoms with Crippen molar-refractivity contribution in [3.8, 4) is 5.75 Å². The van der Waals surface area contributed by atoms with Crippen LogP contribution in [0, 0.1) is 6.92 Å². The highest BCUT2D eigenvalue weighted by molar-refractivity contribution is 6.06. The molecule has 0 aliphatic rings. The number of carbonyl (C=O) groups excluding carboxylic acids is 1. The van der Waals surface area contributed by atoms with Crippen LogP contribution in [0.15, 0.2) is 42.5 Å². The van der Waals surface area contributed by atoms with Crippen LogP contribution >= 0.6 is 0 Å². The van der Waals surface area contributed by atoms with Crippen molar-refractivity contribution >= 4 is 17.3 Å². The Labute approximate surface area is 118 Å². The van der Waals surface area contributed by atoms with E-state index in [4.69, 9.17) is 0 Å². The Morgan fingerprint density at radius 3 is 2.35 bits per heavy atom. The van der Waals surface area contributed by atoms with Gasteiger partial charge in [0, 0.05) is 25.5 Å². The molecule has 104 valence electrons. The van der Waals surface area contributed by atoms with Gasteiger partial charge in [-0.25, -0.2) is 0 Å². The largest absolute Gasteiger partial charge is 0.507 e. The van der Waals surface area contributed by atoms with Gasteiger partial charge in [-0.15, -0.1) is 0 Å². The van der Waals surface area contributed by atoms with E-state index in [9.17, 15) is 9.90 Å². The molecule has 2 N–H and O–H groups in total. The van der Waals surface area contributed by atoms with Gasteiger partial charge in [0.1, 0.15) is 5.75 Å². The third-order valence-electron chi connectivity index (χ3n) is 3.12. The summed E-state index contributed by atoms with van der Waals surface area (Å²) in [7, 11) is 3.91. The van der Waals surface area contributed by atoms with Crippen molar-refractivity contribution in [2.24, 2.45) is 0 Å². The Balaban J connectivity index is 2.17. The zero-order valence-electron chi connectivity index (χ0n) is 11.8. The number of hydrogen-bond donors (Lipinski definition) is 2. The molecule has 0 fully saturated rings. The van der Waals surface area contributed by atoms with Gasteiger partial charge in [0.2, 0.25) is 0 Å². The molecule has 1 amide bonds. The van der Waals surface area contributed by atoms with Crippen molar-refractivity contribution in [2.45, 2.75) is 6.92 Å². The normalized spacial score (nSPS) is 10.2. The van der Waals surface area contributed by atoms with Crippen molar-refractivity contribution in [2.75, 3.05) is 24.3 Å². The summed E-state index contributed by atoms with van der Waals surface area (Å²) < 4.78 is 0. The maximum Gasteiger partial charge on any atom is 0.259 e. The van der Waals surface area contributed by atoms with Crippen molar-refractivity contribution in [3.63, 3.8) is 0 Å². The Bertz CT molecular complexity index is 619. The summed E-state index contributed by atoms with van der Waals surface area (Å²) in [6.45, 7) is 1.76. The predicted molar refractivity (Wildman–Crippen MR) is 81.6 cm³/mol. The molecule has 2 aromatic rings. The second-order valence-corrected chi connectivity index (χ2v) is 4.87. The summed E-state index contributed by atoms with van der Waals surface area (Å²) in [5.74, 6) is -0.293. The van der Waals surface area contributed by atoms with E-state index in [-0.39, 0.29) is 17.2 Å². The number of para-hydroxylation sites is 1. The maximum absolute atomic E-state index is 12.1. The van der Waals surface area contributed by atoms with Crippen LogP contribution in [-0.2, 0) is 0 Å². The zero-order valence-corrected chi connectivity index (χ0v) is 11.8. The fourth-order valence-electron chi connectivity index (χ4n) is 1.88. The van der Waals surface area contributed by atoms with Crippen molar-refractivity contribution in [1.82, 2.24) is 0 Å². The standard InChI is InChI=1S/C16H18N2O2/c1-11-5-4-6-14(15(11)19)16(20)17-12-7-9-13(10-8-12)18(2)3/h4-10,19H,1-3H3,(H,17,20). The van der Waals surface area contributed by atoms with Gasteiger partial charge in [0.15, 0.2) is 0 Å². The lowest BCUT2D eigenvalue weighted by Gasteiger charge is -2.13. The molecule has 0 atom stereocenters. The first-order valence-corrected chi connectivity index (χ1v) is 6.36. The quantitative estimate of drug-likeness (QED) is 0.901. The minimum Gasteiger partial charge on any atom is -0.507 e. The SMILES string of the molecule is Cc1cccc(C(=O)Nc2ccc(N(C)C)cc2)c1O. The van der Waals surface area contributed by atoms with Crippen LogP contribution in [-0.4, -0.2) is 25.1 Å². The molecule has 0 spiro atoms. The van der Waals surface area contributed by atoms with Gasteiger partial charge in [-0.1, -0.05) is 12.1 Å². The molecule has 4 heteroatoms. The number of benzene rings is 2. The van der Waals surface area contributed by atoms with E-state index < -0.39 is 0 Å². The highest BCUT2D eigenvalue weighted by Gasteiger charge is 2.12. The number of nitrogens with zero attached hydrogens (tertiary/aromatic N) is 1. The minimum absolute atomic E-state index is 0.0231. The zero-order chi connectivity index (χ0) is 14.7. The van der Waals surface area contributed by atoms with Gasteiger partial charge >= 0.3 is 0 Å². The average Bonchev–Trinajstić information content (AvgIpc) is 2.42. The van der Waals surface area contributed by atoms with Crippen molar-refractivity contribution < 1.29 is 9.90 Å². The maximum atomic E-state index is 12.1. The predicted octanol–water partition coefficient (Wildman–Crippen LogP) is 3.02. The van der Waals surface area contributed by atoms with E-state index in [2.05, 4.69) is 5.32 Å². The molecule has 2 aromatic carbocycles. The summed E-state index contributed by atoms with van der Waals surface area (Å²) in [5, 5.41) is 12.7. The van der Waals surface area contributed by atoms with Gasteiger partial charge in [-0.05, 0) is 42.8 Å². The van der Waals surface area contributed by atoms with E-state index in [1.807, 2.05) is 43.3 Å². The van der Waals surface area contributed by atoms with Gasteiger partial charge in [0.25, 0.3) is 5.91 Å². The minimum atomic E-state index is -0.316. The molecule has 0 radical (unpaired) electrons. The fraction of sp³-hybridized carbons (Fsp3) is 0.188. The van der Waals surface area contributed by atoms with Crippen LogP contribution in [0.5, 0.6) is 5.75 Å². The first-order valence-electron chi connectivity index (χ1n) is 6.36. The lowest BCUT2D eigenvalue weighted by molar-refractivity contribution is 0.102. The number of phenolic OH excluding ortho intramolecular Hbond substituents is 1. The molecule has 0 aromatic heterocycles. The van der Waals surface area contributed by atoms with Crippen molar-refractivity contribution in [1.29, 1.82) is 0 Å². The summed E-state index contributed by atoms with van der Waals surface area (Å²) in [4.78, 5) is 14.1. The van der Waals surface area contributed by atoms with E-state index in [0.29, 0.717) is 11.3 Å². The molecular weight excluding hydrogens is 252 g/mol. The Hall–Kier alpha value is -2.49. The molecule has 0 aliphatic carbocycles. The van der Waals surface area contributed by atoms with E-state index in [1.54, 1.807) is 25.1 Å². The molecule has 0 aliphatic heterocycles. The number of phenols is 1. The number of aromatic hydroxyl groups is 1. The molecule has 0 saturated heterocycles. The topological polar surface area (TPSA) is 52.6 Å². The second kappa shape index (κ2) is 5.65. The van der Waals surface area contributed by atoms with Crippen LogP contribution < -0.4 is 10.2 Å². The summed E-state index contributed by atoms with van der Waals surface area (Å²) in [5.41, 5.74) is 2.71. The number of rotatable bonds is 3. The monoisotopic (exact) mass is 270 g/mol. The molecule has 2 rings (SSSR count). The Morgan fingerprint density at radius 2 is 1.75 bits per heavy atom. The average molecular weight is 270 g/mol. The van der Waals surface area contributed by atoms with Gasteiger partial charge < -0.3 is 15.3 Å². The smallest absolute Gasteiger partial charge is 0.259 e. The number of carbonyl (C=O) groups is 1.